The van der Waals surface area contributed by atoms with E-state index in [0.29, 0.717) is 46.9 Å². The second kappa shape index (κ2) is 11.2. The van der Waals surface area contributed by atoms with E-state index in [1.165, 1.54) is 10.6 Å². The highest BCUT2D eigenvalue weighted by Gasteiger charge is 2.29. The molecule has 4 heterocycles. The Labute approximate surface area is 234 Å². The maximum atomic E-state index is 13.2. The number of hydrogen-bond donors (Lipinski definition) is 3. The fourth-order valence-electron chi connectivity index (χ4n) is 4.70. The van der Waals surface area contributed by atoms with Gasteiger partial charge in [-0.2, -0.15) is 5.10 Å². The quantitative estimate of drug-likeness (QED) is 0.257. The molecule has 4 aromatic rings. The Morgan fingerprint density at radius 1 is 1.22 bits per heavy atom. The van der Waals surface area contributed by atoms with Crippen LogP contribution >= 0.6 is 0 Å². The van der Waals surface area contributed by atoms with Crippen LogP contribution in [-0.2, 0) is 18.4 Å². The Morgan fingerprint density at radius 3 is 2.76 bits per heavy atom. The largest absolute Gasteiger partial charge is 0.489 e. The van der Waals surface area contributed by atoms with Gasteiger partial charge in [0.25, 0.3) is 17.4 Å². The number of nitrogens with two attached hydrogens (primary N) is 1. The predicted molar refractivity (Wildman–Crippen MR) is 148 cm³/mol. The van der Waals surface area contributed by atoms with Crippen molar-refractivity contribution in [3.05, 3.63) is 63.8 Å². The normalized spacial score (nSPS) is 14.0. The topological polar surface area (TPSA) is 177 Å². The number of carbonyl (C=O) groups excluding carboxylic acids is 3. The summed E-state index contributed by atoms with van der Waals surface area (Å²) in [4.78, 5) is 53.9. The van der Waals surface area contributed by atoms with Crippen LogP contribution < -0.4 is 31.4 Å². The van der Waals surface area contributed by atoms with E-state index in [1.807, 2.05) is 18.4 Å². The molecule has 214 valence electrons. The Bertz CT molecular complexity index is 1720. The summed E-state index contributed by atoms with van der Waals surface area (Å²) >= 11 is 0. The Kier molecular flexibility index (Phi) is 7.46. The molecule has 14 heteroatoms. The van der Waals surface area contributed by atoms with Gasteiger partial charge in [-0.25, -0.2) is 4.98 Å². The summed E-state index contributed by atoms with van der Waals surface area (Å²) in [6.45, 7) is 4.43. The molecule has 3 amide bonds. The molecule has 0 unspecified atom stereocenters. The first-order chi connectivity index (χ1) is 19.6. The van der Waals surface area contributed by atoms with Crippen LogP contribution in [0.1, 0.15) is 45.9 Å². The molecule has 0 saturated heterocycles. The lowest BCUT2D eigenvalue weighted by molar-refractivity contribution is -0.123. The van der Waals surface area contributed by atoms with Gasteiger partial charge >= 0.3 is 0 Å². The van der Waals surface area contributed by atoms with Crippen molar-refractivity contribution >= 4 is 34.7 Å². The molecule has 3 aromatic heterocycles. The number of nitrogens with one attached hydrogen (secondary N) is 2. The molecule has 1 aliphatic heterocycles. The third kappa shape index (κ3) is 5.62. The number of hydrogen-bond acceptors (Lipinski definition) is 8. The highest BCUT2D eigenvalue weighted by Crippen LogP contribution is 2.38. The minimum atomic E-state index is -0.628. The van der Waals surface area contributed by atoms with Gasteiger partial charge in [0.15, 0.2) is 6.61 Å². The smallest absolute Gasteiger partial charge is 0.276 e. The van der Waals surface area contributed by atoms with E-state index < -0.39 is 5.91 Å². The van der Waals surface area contributed by atoms with Crippen molar-refractivity contribution < 1.29 is 23.9 Å². The standard InChI is InChI=1S/C27H30N8O6/c1-4-34-20(9-15(2)32-34)26(39)31-27-30-19-10-16(25(28)38)11-21-24(19)35(27)17(13-41-21)5-7-29-22(36)14-40-18-6-8-33(3)23(37)12-18/h6,8-12,17H,4-5,7,13-14H2,1-3H3,(H2,28,38)(H,29,36)(H,30,31,39)/t17-/m0/s1. The molecule has 1 aromatic carbocycles. The molecule has 1 aliphatic rings. The number of imidazole rings is 1. The summed E-state index contributed by atoms with van der Waals surface area (Å²) in [5, 5.41) is 10.0. The number of carbonyl (C=O) groups is 3. The van der Waals surface area contributed by atoms with Crippen LogP contribution in [0, 0.1) is 6.92 Å². The maximum Gasteiger partial charge on any atom is 0.276 e. The predicted octanol–water partition coefficient (Wildman–Crippen LogP) is 1.13. The van der Waals surface area contributed by atoms with E-state index in [1.54, 1.807) is 42.2 Å². The number of aromatic nitrogens is 5. The van der Waals surface area contributed by atoms with Gasteiger partial charge in [0.05, 0.1) is 17.3 Å². The zero-order valence-corrected chi connectivity index (χ0v) is 22.8. The van der Waals surface area contributed by atoms with E-state index in [0.717, 1.165) is 0 Å². The van der Waals surface area contributed by atoms with Crippen LogP contribution in [0.2, 0.25) is 0 Å². The number of primary amides is 1. The van der Waals surface area contributed by atoms with Crippen LogP contribution in [0.15, 0.2) is 41.3 Å². The Hall–Kier alpha value is -5.14. The SMILES string of the molecule is CCn1nc(C)cc1C(=O)Nc1nc2cc(C(N)=O)cc3c2n1[C@@H](CCNC(=O)COc1ccn(C)c(=O)c1)CO3. The molecular formula is C27H30N8O6. The lowest BCUT2D eigenvalue weighted by Crippen LogP contribution is -2.33. The third-order valence-corrected chi connectivity index (χ3v) is 6.74. The molecule has 0 bridgehead atoms. The summed E-state index contributed by atoms with van der Waals surface area (Å²) in [7, 11) is 1.62. The molecule has 14 nitrogen and oxygen atoms in total. The van der Waals surface area contributed by atoms with E-state index in [2.05, 4.69) is 20.7 Å². The van der Waals surface area contributed by atoms with Crippen molar-refractivity contribution in [2.24, 2.45) is 12.8 Å². The number of nitrogens with zero attached hydrogens (tertiary/aromatic N) is 5. The van der Waals surface area contributed by atoms with Crippen LogP contribution in [0.4, 0.5) is 5.95 Å². The fraction of sp³-hybridized carbons (Fsp3) is 0.333. The van der Waals surface area contributed by atoms with Crippen LogP contribution in [0.3, 0.4) is 0 Å². The zero-order chi connectivity index (χ0) is 29.3. The minimum absolute atomic E-state index is 0.204. The van der Waals surface area contributed by atoms with Gasteiger partial charge in [0.2, 0.25) is 11.9 Å². The number of ether oxygens (including phenoxy) is 2. The molecule has 4 N–H and O–H groups in total. The van der Waals surface area contributed by atoms with E-state index in [4.69, 9.17) is 15.2 Å². The first-order valence-electron chi connectivity index (χ1n) is 13.0. The summed E-state index contributed by atoms with van der Waals surface area (Å²) in [6, 6.07) is 7.40. The first kappa shape index (κ1) is 27.4. The number of anilines is 1. The average molecular weight is 563 g/mol. The molecular weight excluding hydrogens is 532 g/mol. The average Bonchev–Trinajstić information content (AvgIpc) is 3.51. The van der Waals surface area contributed by atoms with Crippen LogP contribution in [0.25, 0.3) is 11.0 Å². The van der Waals surface area contributed by atoms with Crippen LogP contribution in [-0.4, -0.2) is 61.4 Å². The second-order valence-electron chi connectivity index (χ2n) is 9.66. The van der Waals surface area contributed by atoms with Gasteiger partial charge in [-0.05, 0) is 44.5 Å². The summed E-state index contributed by atoms with van der Waals surface area (Å²) in [6.07, 6.45) is 2.00. The number of rotatable bonds is 10. The lowest BCUT2D eigenvalue weighted by atomic mass is 10.1. The molecule has 0 radical (unpaired) electrons. The summed E-state index contributed by atoms with van der Waals surface area (Å²) in [5.41, 5.74) is 7.62. The van der Waals surface area contributed by atoms with Crippen molar-refractivity contribution in [1.29, 1.82) is 0 Å². The van der Waals surface area contributed by atoms with Gasteiger partial charge in [-0.3, -0.25) is 29.2 Å². The number of benzene rings is 1. The Balaban J connectivity index is 1.34. The maximum absolute atomic E-state index is 13.2. The fourth-order valence-corrected chi connectivity index (χ4v) is 4.70. The third-order valence-electron chi connectivity index (χ3n) is 6.74. The van der Waals surface area contributed by atoms with Crippen molar-refractivity contribution in [2.75, 3.05) is 25.1 Å². The van der Waals surface area contributed by atoms with Gasteiger partial charge in [0.1, 0.15) is 29.3 Å². The van der Waals surface area contributed by atoms with Crippen molar-refractivity contribution in [1.82, 2.24) is 29.2 Å². The van der Waals surface area contributed by atoms with E-state index >= 15 is 0 Å². The monoisotopic (exact) mass is 562 g/mol. The molecule has 0 fully saturated rings. The summed E-state index contributed by atoms with van der Waals surface area (Å²) < 4.78 is 16.2. The van der Waals surface area contributed by atoms with Crippen molar-refractivity contribution in [3.8, 4) is 11.5 Å². The van der Waals surface area contributed by atoms with Crippen molar-refractivity contribution in [2.45, 2.75) is 32.9 Å². The van der Waals surface area contributed by atoms with Gasteiger partial charge < -0.3 is 29.7 Å². The van der Waals surface area contributed by atoms with Crippen LogP contribution in [0.5, 0.6) is 11.5 Å². The highest BCUT2D eigenvalue weighted by atomic mass is 16.5. The van der Waals surface area contributed by atoms with Crippen molar-refractivity contribution in [3.63, 3.8) is 0 Å². The van der Waals surface area contributed by atoms with Gasteiger partial charge in [0, 0.05) is 38.0 Å². The molecule has 0 saturated carbocycles. The molecule has 41 heavy (non-hydrogen) atoms. The second-order valence-corrected chi connectivity index (χ2v) is 9.66. The van der Waals surface area contributed by atoms with E-state index in [-0.39, 0.29) is 54.7 Å². The summed E-state index contributed by atoms with van der Waals surface area (Å²) in [5.74, 6) is -0.387. The van der Waals surface area contributed by atoms with Gasteiger partial charge in [-0.1, -0.05) is 0 Å². The number of aryl methyl sites for hydroxylation is 3. The Morgan fingerprint density at radius 2 is 2.02 bits per heavy atom. The molecule has 5 rings (SSSR count). The van der Waals surface area contributed by atoms with E-state index in [9.17, 15) is 19.2 Å². The minimum Gasteiger partial charge on any atom is -0.489 e. The molecule has 0 aliphatic carbocycles. The number of amides is 3. The first-order valence-corrected chi connectivity index (χ1v) is 13.0. The van der Waals surface area contributed by atoms with Gasteiger partial charge in [-0.15, -0.1) is 0 Å². The highest BCUT2D eigenvalue weighted by molar-refractivity contribution is 6.04. The molecule has 1 atom stereocenters. The zero-order valence-electron chi connectivity index (χ0n) is 22.8. The molecule has 0 spiro atoms. The number of pyridine rings is 1. The lowest BCUT2D eigenvalue weighted by Gasteiger charge is -2.27.